The first-order chi connectivity index (χ1) is 8.79. The molecule has 0 bridgehead atoms. The van der Waals surface area contributed by atoms with E-state index >= 15 is 0 Å². The van der Waals surface area contributed by atoms with Gasteiger partial charge in [-0.05, 0) is 32.2 Å². The van der Waals surface area contributed by atoms with Crippen LogP contribution in [0.1, 0.15) is 44.2 Å². The third-order valence-corrected chi connectivity index (χ3v) is 4.46. The first-order valence-electron chi connectivity index (χ1n) is 6.79. The van der Waals surface area contributed by atoms with E-state index < -0.39 is 0 Å². The van der Waals surface area contributed by atoms with Crippen molar-refractivity contribution in [3.05, 3.63) is 11.1 Å². The van der Waals surface area contributed by atoms with Crippen molar-refractivity contribution in [1.29, 1.82) is 0 Å². The van der Waals surface area contributed by atoms with Gasteiger partial charge in [0.1, 0.15) is 0 Å². The van der Waals surface area contributed by atoms with Crippen LogP contribution in [0.5, 0.6) is 0 Å². The first kappa shape index (κ1) is 12.1. The minimum atomic E-state index is -0.00164. The van der Waals surface area contributed by atoms with Crippen molar-refractivity contribution in [1.82, 2.24) is 10.3 Å². The Balaban J connectivity index is 1.66. The summed E-state index contributed by atoms with van der Waals surface area (Å²) in [5, 5.41) is 6.32. The highest BCUT2D eigenvalue weighted by molar-refractivity contribution is 7.14. The van der Waals surface area contributed by atoms with Crippen molar-refractivity contribution in [3.8, 4) is 0 Å². The summed E-state index contributed by atoms with van der Waals surface area (Å²) in [7, 11) is 0. The van der Waals surface area contributed by atoms with Gasteiger partial charge in [-0.1, -0.05) is 6.92 Å². The maximum Gasteiger partial charge on any atom is 0.245 e. The second kappa shape index (κ2) is 4.97. The van der Waals surface area contributed by atoms with Gasteiger partial charge in [-0.15, -0.1) is 11.3 Å². The van der Waals surface area contributed by atoms with Crippen LogP contribution in [0.15, 0.2) is 5.38 Å². The van der Waals surface area contributed by atoms with Crippen molar-refractivity contribution < 1.29 is 4.79 Å². The molecule has 1 atom stereocenters. The zero-order valence-corrected chi connectivity index (χ0v) is 11.5. The number of amides is 1. The average Bonchev–Trinajstić information content (AvgIpc) is 3.00. The highest BCUT2D eigenvalue weighted by Crippen LogP contribution is 2.41. The molecule has 18 heavy (non-hydrogen) atoms. The molecule has 1 N–H and O–H groups in total. The minimum absolute atomic E-state index is 0.00164. The highest BCUT2D eigenvalue weighted by Gasteiger charge is 2.34. The van der Waals surface area contributed by atoms with Gasteiger partial charge in [0.25, 0.3) is 0 Å². The third-order valence-electron chi connectivity index (χ3n) is 3.58. The average molecular weight is 265 g/mol. The zero-order chi connectivity index (χ0) is 12.5. The number of nitrogens with one attached hydrogen (secondary N) is 1. The molecule has 1 aromatic rings. The molecule has 1 amide bonds. The van der Waals surface area contributed by atoms with Crippen LogP contribution in [0.3, 0.4) is 0 Å². The molecule has 2 aliphatic rings. The van der Waals surface area contributed by atoms with Crippen LogP contribution in [0.4, 0.5) is 5.13 Å². The number of hydrogen-bond donors (Lipinski definition) is 1. The number of nitrogens with zero attached hydrogens (tertiary/aromatic N) is 2. The summed E-state index contributed by atoms with van der Waals surface area (Å²) >= 11 is 1.61. The highest BCUT2D eigenvalue weighted by atomic mass is 32.1. The van der Waals surface area contributed by atoms with E-state index in [1.165, 1.54) is 18.5 Å². The molecule has 3 rings (SSSR count). The van der Waals surface area contributed by atoms with E-state index in [0.29, 0.717) is 5.92 Å². The molecular weight excluding hydrogens is 246 g/mol. The van der Waals surface area contributed by atoms with E-state index in [9.17, 15) is 4.79 Å². The number of hydrogen-bond acceptors (Lipinski definition) is 4. The second-order valence-electron chi connectivity index (χ2n) is 5.11. The Morgan fingerprint density at radius 3 is 3.06 bits per heavy atom. The van der Waals surface area contributed by atoms with E-state index in [1.807, 2.05) is 4.90 Å². The molecule has 5 heteroatoms. The van der Waals surface area contributed by atoms with Crippen LogP contribution in [0.2, 0.25) is 0 Å². The SMILES string of the molecule is CCCNC1CCN(c2nc(C3CC3)cs2)C1=O. The van der Waals surface area contributed by atoms with Gasteiger partial charge in [0.2, 0.25) is 5.91 Å². The van der Waals surface area contributed by atoms with Crippen molar-refractivity contribution in [3.63, 3.8) is 0 Å². The van der Waals surface area contributed by atoms with Crippen LogP contribution in [0, 0.1) is 0 Å². The van der Waals surface area contributed by atoms with Crippen LogP contribution in [-0.4, -0.2) is 30.0 Å². The van der Waals surface area contributed by atoms with Gasteiger partial charge in [-0.3, -0.25) is 9.69 Å². The van der Waals surface area contributed by atoms with E-state index in [-0.39, 0.29) is 11.9 Å². The number of anilines is 1. The molecule has 4 nitrogen and oxygen atoms in total. The lowest BCUT2D eigenvalue weighted by Gasteiger charge is -2.13. The number of rotatable bonds is 5. The van der Waals surface area contributed by atoms with Gasteiger partial charge in [-0.25, -0.2) is 4.98 Å². The maximum absolute atomic E-state index is 12.2. The summed E-state index contributed by atoms with van der Waals surface area (Å²) < 4.78 is 0. The van der Waals surface area contributed by atoms with E-state index in [0.717, 1.165) is 31.1 Å². The summed E-state index contributed by atoms with van der Waals surface area (Å²) in [6, 6.07) is -0.00164. The Morgan fingerprint density at radius 1 is 1.50 bits per heavy atom. The topological polar surface area (TPSA) is 45.2 Å². The predicted molar refractivity (Wildman–Crippen MR) is 73.1 cm³/mol. The smallest absolute Gasteiger partial charge is 0.245 e. The fourth-order valence-corrected chi connectivity index (χ4v) is 3.28. The van der Waals surface area contributed by atoms with Crippen molar-refractivity contribution in [2.45, 2.75) is 44.6 Å². The lowest BCUT2D eigenvalue weighted by molar-refractivity contribution is -0.118. The molecule has 1 unspecified atom stereocenters. The van der Waals surface area contributed by atoms with Gasteiger partial charge in [-0.2, -0.15) is 0 Å². The molecule has 1 saturated carbocycles. The molecule has 2 fully saturated rings. The number of aromatic nitrogens is 1. The van der Waals surface area contributed by atoms with Crippen LogP contribution in [0.25, 0.3) is 0 Å². The summed E-state index contributed by atoms with van der Waals surface area (Å²) in [4.78, 5) is 18.7. The first-order valence-corrected chi connectivity index (χ1v) is 7.67. The van der Waals surface area contributed by atoms with Gasteiger partial charge in [0.15, 0.2) is 5.13 Å². The largest absolute Gasteiger partial charge is 0.306 e. The van der Waals surface area contributed by atoms with Gasteiger partial charge >= 0.3 is 0 Å². The van der Waals surface area contributed by atoms with Crippen LogP contribution < -0.4 is 10.2 Å². The van der Waals surface area contributed by atoms with E-state index in [2.05, 4.69) is 22.6 Å². The zero-order valence-electron chi connectivity index (χ0n) is 10.7. The lowest BCUT2D eigenvalue weighted by Crippen LogP contribution is -2.38. The van der Waals surface area contributed by atoms with Gasteiger partial charge < -0.3 is 5.32 Å². The Kier molecular flexibility index (Phi) is 3.35. The standard InChI is InChI=1S/C13H19N3OS/c1-2-6-14-10-5-7-16(12(10)17)13-15-11(8-18-13)9-3-4-9/h8-10,14H,2-7H2,1H3. The molecular formula is C13H19N3OS. The molecule has 98 valence electrons. The Hall–Kier alpha value is -0.940. The van der Waals surface area contributed by atoms with Crippen LogP contribution >= 0.6 is 11.3 Å². The summed E-state index contributed by atoms with van der Waals surface area (Å²) in [6.45, 7) is 3.83. The van der Waals surface area contributed by atoms with Crippen molar-refractivity contribution in [2.24, 2.45) is 0 Å². The maximum atomic E-state index is 12.2. The van der Waals surface area contributed by atoms with Crippen LogP contribution in [-0.2, 0) is 4.79 Å². The fraction of sp³-hybridized carbons (Fsp3) is 0.692. The fourth-order valence-electron chi connectivity index (χ4n) is 2.34. The number of thiazole rings is 1. The number of carbonyl (C=O) groups is 1. The summed E-state index contributed by atoms with van der Waals surface area (Å²) in [5.74, 6) is 0.863. The Labute approximate surface area is 111 Å². The van der Waals surface area contributed by atoms with E-state index in [4.69, 9.17) is 0 Å². The number of carbonyl (C=O) groups excluding carboxylic acids is 1. The molecule has 0 radical (unpaired) electrons. The molecule has 1 saturated heterocycles. The molecule has 1 aliphatic heterocycles. The van der Waals surface area contributed by atoms with E-state index in [1.54, 1.807) is 11.3 Å². The second-order valence-corrected chi connectivity index (χ2v) is 5.95. The molecule has 1 aliphatic carbocycles. The molecule has 0 spiro atoms. The summed E-state index contributed by atoms with van der Waals surface area (Å²) in [6.07, 6.45) is 4.49. The van der Waals surface area contributed by atoms with Gasteiger partial charge in [0.05, 0.1) is 11.7 Å². The van der Waals surface area contributed by atoms with Crippen molar-refractivity contribution in [2.75, 3.05) is 18.0 Å². The molecule has 2 heterocycles. The predicted octanol–water partition coefficient (Wildman–Crippen LogP) is 2.13. The monoisotopic (exact) mass is 265 g/mol. The lowest BCUT2D eigenvalue weighted by atomic mass is 10.2. The Bertz CT molecular complexity index is 441. The third kappa shape index (κ3) is 2.29. The molecule has 1 aromatic heterocycles. The Morgan fingerprint density at radius 2 is 2.33 bits per heavy atom. The van der Waals surface area contributed by atoms with Crippen molar-refractivity contribution >= 4 is 22.4 Å². The normalized spacial score (nSPS) is 23.9. The minimum Gasteiger partial charge on any atom is -0.306 e. The van der Waals surface area contributed by atoms with Gasteiger partial charge in [0, 0.05) is 17.8 Å². The summed E-state index contributed by atoms with van der Waals surface area (Å²) in [5.41, 5.74) is 1.19. The molecule has 0 aromatic carbocycles. The quantitative estimate of drug-likeness (QED) is 0.887.